The number of nitrogens with zero attached hydrogens (tertiary/aromatic N) is 2. The molecule has 5 nitrogen and oxygen atoms in total. The van der Waals surface area contributed by atoms with Crippen LogP contribution in [0.25, 0.3) is 38.1 Å². The average Bonchev–Trinajstić information content (AvgIpc) is 3.35. The number of ether oxygens (including phenoxy) is 1. The van der Waals surface area contributed by atoms with Gasteiger partial charge in [-0.3, -0.25) is 0 Å². The van der Waals surface area contributed by atoms with Crippen LogP contribution in [0.2, 0.25) is 0 Å². The molecule has 0 saturated heterocycles. The molecule has 2 heterocycles. The van der Waals surface area contributed by atoms with E-state index in [4.69, 9.17) is 15.7 Å². The Kier molecular flexibility index (Phi) is 5.16. The monoisotopic (exact) mass is 398 g/mol. The number of carbonyl (C=O) groups is 1. The van der Waals surface area contributed by atoms with E-state index in [-0.39, 0.29) is 6.61 Å². The summed E-state index contributed by atoms with van der Waals surface area (Å²) in [5, 5.41) is 1.05. The molecule has 4 aromatic rings. The SMILES string of the molecule is [C-]#[N+]c1c(-c2ccc(-c3cccc4ccoc34)cc2)c(C(=O)OCC)n(C)c1CC. The number of hydrogen-bond donors (Lipinski definition) is 0. The van der Waals surface area contributed by atoms with Gasteiger partial charge in [-0.1, -0.05) is 49.4 Å². The lowest BCUT2D eigenvalue weighted by atomic mass is 9.98. The van der Waals surface area contributed by atoms with E-state index in [9.17, 15) is 4.79 Å². The first-order valence-electron chi connectivity index (χ1n) is 9.93. The van der Waals surface area contributed by atoms with E-state index in [2.05, 4.69) is 4.85 Å². The van der Waals surface area contributed by atoms with E-state index >= 15 is 0 Å². The fraction of sp³-hybridized carbons (Fsp3) is 0.200. The van der Waals surface area contributed by atoms with Gasteiger partial charge in [0.2, 0.25) is 5.69 Å². The number of benzene rings is 2. The van der Waals surface area contributed by atoms with E-state index in [0.29, 0.717) is 23.4 Å². The van der Waals surface area contributed by atoms with Gasteiger partial charge in [0.25, 0.3) is 0 Å². The van der Waals surface area contributed by atoms with Crippen LogP contribution in [0.3, 0.4) is 0 Å². The Balaban J connectivity index is 1.86. The maximum absolute atomic E-state index is 12.7. The molecule has 0 spiro atoms. The minimum absolute atomic E-state index is 0.282. The lowest BCUT2D eigenvalue weighted by Gasteiger charge is -2.10. The minimum atomic E-state index is -0.413. The van der Waals surface area contributed by atoms with Crippen LogP contribution < -0.4 is 0 Å². The summed E-state index contributed by atoms with van der Waals surface area (Å²) in [5.74, 6) is -0.413. The summed E-state index contributed by atoms with van der Waals surface area (Å²) in [6.45, 7) is 11.8. The minimum Gasteiger partial charge on any atom is -0.464 e. The smallest absolute Gasteiger partial charge is 0.354 e. The van der Waals surface area contributed by atoms with Gasteiger partial charge in [0, 0.05) is 29.3 Å². The van der Waals surface area contributed by atoms with Gasteiger partial charge in [0.05, 0.1) is 19.4 Å². The van der Waals surface area contributed by atoms with Crippen LogP contribution in [-0.4, -0.2) is 17.1 Å². The standard InChI is InChI=1S/C25H22N2O3/c1-5-20-22(26-3)21(23(27(20)4)25(28)29-6-2)17-12-10-16(11-13-17)19-9-7-8-18-14-15-30-24(18)19/h7-15H,5-6H2,1-2,4H3. The molecule has 0 bridgehead atoms. The number of hydrogen-bond acceptors (Lipinski definition) is 3. The second kappa shape index (κ2) is 7.92. The molecule has 0 radical (unpaired) electrons. The predicted molar refractivity (Wildman–Crippen MR) is 118 cm³/mol. The van der Waals surface area contributed by atoms with Crippen LogP contribution in [0.5, 0.6) is 0 Å². The van der Waals surface area contributed by atoms with Crippen molar-refractivity contribution in [2.45, 2.75) is 20.3 Å². The highest BCUT2D eigenvalue weighted by molar-refractivity contribution is 6.02. The summed E-state index contributed by atoms with van der Waals surface area (Å²) in [5.41, 5.74) is 6.04. The van der Waals surface area contributed by atoms with Gasteiger partial charge in [-0.15, -0.1) is 0 Å². The third-order valence-corrected chi connectivity index (χ3v) is 5.37. The van der Waals surface area contributed by atoms with Gasteiger partial charge in [-0.05, 0) is 30.5 Å². The van der Waals surface area contributed by atoms with E-state index in [1.54, 1.807) is 17.8 Å². The number of para-hydroxylation sites is 1. The van der Waals surface area contributed by atoms with Crippen LogP contribution in [0, 0.1) is 6.57 Å². The zero-order chi connectivity index (χ0) is 21.3. The molecule has 4 rings (SSSR count). The molecule has 0 saturated carbocycles. The Morgan fingerprint density at radius 2 is 1.83 bits per heavy atom. The topological polar surface area (TPSA) is 48.7 Å². The Hall–Kier alpha value is -3.78. The van der Waals surface area contributed by atoms with Crippen LogP contribution in [0.4, 0.5) is 5.69 Å². The molecular formula is C25H22N2O3. The van der Waals surface area contributed by atoms with Crippen molar-refractivity contribution in [3.63, 3.8) is 0 Å². The first-order chi connectivity index (χ1) is 14.6. The maximum atomic E-state index is 12.7. The second-order valence-corrected chi connectivity index (χ2v) is 6.99. The van der Waals surface area contributed by atoms with Crippen molar-refractivity contribution in [3.05, 3.63) is 77.6 Å². The van der Waals surface area contributed by atoms with Crippen LogP contribution in [0.1, 0.15) is 30.0 Å². The summed E-state index contributed by atoms with van der Waals surface area (Å²) in [7, 11) is 1.81. The van der Waals surface area contributed by atoms with Gasteiger partial charge in [0.15, 0.2) is 0 Å². The highest BCUT2D eigenvalue weighted by Crippen LogP contribution is 2.40. The van der Waals surface area contributed by atoms with Gasteiger partial charge in [-0.2, -0.15) is 0 Å². The molecule has 0 unspecified atom stereocenters. The highest BCUT2D eigenvalue weighted by atomic mass is 16.5. The van der Waals surface area contributed by atoms with Gasteiger partial charge >= 0.3 is 5.97 Å². The lowest BCUT2D eigenvalue weighted by molar-refractivity contribution is 0.0516. The maximum Gasteiger partial charge on any atom is 0.354 e. The second-order valence-electron chi connectivity index (χ2n) is 6.99. The third kappa shape index (κ3) is 3.07. The molecular weight excluding hydrogens is 376 g/mol. The van der Waals surface area contributed by atoms with Crippen molar-refractivity contribution in [3.8, 4) is 22.3 Å². The molecule has 0 fully saturated rings. The number of furan rings is 1. The van der Waals surface area contributed by atoms with Crippen molar-refractivity contribution in [2.24, 2.45) is 7.05 Å². The van der Waals surface area contributed by atoms with Gasteiger partial charge < -0.3 is 13.7 Å². The first-order valence-corrected chi connectivity index (χ1v) is 9.93. The molecule has 2 aromatic carbocycles. The van der Waals surface area contributed by atoms with Crippen molar-refractivity contribution >= 4 is 22.6 Å². The van der Waals surface area contributed by atoms with E-state index in [1.165, 1.54) is 0 Å². The Labute approximate surface area is 175 Å². The molecule has 2 aromatic heterocycles. The molecule has 150 valence electrons. The van der Waals surface area contributed by atoms with Crippen LogP contribution in [0.15, 0.2) is 59.2 Å². The summed E-state index contributed by atoms with van der Waals surface area (Å²) < 4.78 is 12.7. The Morgan fingerprint density at radius 1 is 1.10 bits per heavy atom. The lowest BCUT2D eigenvalue weighted by Crippen LogP contribution is -2.12. The van der Waals surface area contributed by atoms with Crippen LogP contribution >= 0.6 is 0 Å². The highest BCUT2D eigenvalue weighted by Gasteiger charge is 2.26. The molecule has 5 heteroatoms. The van der Waals surface area contributed by atoms with Crippen molar-refractivity contribution in [1.82, 2.24) is 4.57 Å². The Morgan fingerprint density at radius 3 is 2.50 bits per heavy atom. The van der Waals surface area contributed by atoms with Crippen molar-refractivity contribution in [2.75, 3.05) is 6.61 Å². The molecule has 0 aliphatic carbocycles. The molecule has 0 aliphatic rings. The summed E-state index contributed by atoms with van der Waals surface area (Å²) in [6, 6.07) is 15.9. The number of esters is 1. The van der Waals surface area contributed by atoms with E-state index < -0.39 is 5.97 Å². The summed E-state index contributed by atoms with van der Waals surface area (Å²) in [6.07, 6.45) is 2.34. The molecule has 0 N–H and O–H groups in total. The van der Waals surface area contributed by atoms with Gasteiger partial charge in [0.1, 0.15) is 11.3 Å². The largest absolute Gasteiger partial charge is 0.464 e. The number of carbonyl (C=O) groups excluding carboxylic acids is 1. The number of rotatable bonds is 5. The van der Waals surface area contributed by atoms with E-state index in [1.807, 2.05) is 62.5 Å². The summed E-state index contributed by atoms with van der Waals surface area (Å²) in [4.78, 5) is 16.5. The zero-order valence-electron chi connectivity index (χ0n) is 17.2. The average molecular weight is 398 g/mol. The molecule has 30 heavy (non-hydrogen) atoms. The van der Waals surface area contributed by atoms with E-state index in [0.717, 1.165) is 33.4 Å². The zero-order valence-corrected chi connectivity index (χ0v) is 17.2. The molecule has 0 amide bonds. The fourth-order valence-corrected chi connectivity index (χ4v) is 3.99. The predicted octanol–water partition coefficient (Wildman–Crippen LogP) is 6.40. The van der Waals surface area contributed by atoms with Crippen molar-refractivity contribution in [1.29, 1.82) is 0 Å². The summed E-state index contributed by atoms with van der Waals surface area (Å²) >= 11 is 0. The van der Waals surface area contributed by atoms with Crippen LogP contribution in [-0.2, 0) is 18.2 Å². The number of aromatic nitrogens is 1. The molecule has 0 atom stereocenters. The van der Waals surface area contributed by atoms with Gasteiger partial charge in [-0.25, -0.2) is 9.64 Å². The normalized spacial score (nSPS) is 10.9. The Bertz CT molecular complexity index is 1270. The van der Waals surface area contributed by atoms with Crippen molar-refractivity contribution < 1.29 is 13.9 Å². The first kappa shape index (κ1) is 19.5. The molecule has 0 aliphatic heterocycles. The fourth-order valence-electron chi connectivity index (χ4n) is 3.99. The third-order valence-electron chi connectivity index (χ3n) is 5.37. The number of fused-ring (bicyclic) bond motifs is 1. The quantitative estimate of drug-likeness (QED) is 0.289.